The second kappa shape index (κ2) is 7.09. The molecular weight excluding hydrogens is 230 g/mol. The van der Waals surface area contributed by atoms with Crippen LogP contribution < -0.4 is 5.32 Å². The summed E-state index contributed by atoms with van der Waals surface area (Å²) >= 11 is 1.74. The maximum Gasteiger partial charge on any atom is 0.0798 e. The first kappa shape index (κ1) is 14.6. The van der Waals surface area contributed by atoms with E-state index in [1.54, 1.807) is 11.3 Å². The summed E-state index contributed by atoms with van der Waals surface area (Å²) in [6.45, 7) is 14.3. The summed E-state index contributed by atoms with van der Waals surface area (Å²) in [4.78, 5) is 8.11. The molecule has 1 aromatic heterocycles. The highest BCUT2D eigenvalue weighted by Crippen LogP contribution is 2.21. The molecule has 3 nitrogen and oxygen atoms in total. The molecule has 1 heterocycles. The zero-order chi connectivity index (χ0) is 12.8. The van der Waals surface area contributed by atoms with E-state index in [1.165, 1.54) is 4.88 Å². The van der Waals surface area contributed by atoms with Gasteiger partial charge in [0.15, 0.2) is 0 Å². The molecule has 0 spiro atoms. The van der Waals surface area contributed by atoms with Gasteiger partial charge in [-0.3, -0.25) is 0 Å². The number of nitrogens with one attached hydrogen (secondary N) is 1. The number of thiazole rings is 1. The van der Waals surface area contributed by atoms with Crippen LogP contribution in [-0.2, 0) is 0 Å². The molecule has 1 rings (SSSR count). The lowest BCUT2D eigenvalue weighted by molar-refractivity contribution is 0.264. The zero-order valence-corrected chi connectivity index (χ0v) is 12.5. The quantitative estimate of drug-likeness (QED) is 0.812. The van der Waals surface area contributed by atoms with Gasteiger partial charge in [0.1, 0.15) is 0 Å². The third-order valence-corrected chi connectivity index (χ3v) is 4.25. The Labute approximate surface area is 109 Å². The fourth-order valence-corrected chi connectivity index (χ4v) is 2.97. The Morgan fingerprint density at radius 2 is 2.00 bits per heavy atom. The van der Waals surface area contributed by atoms with E-state index in [0.29, 0.717) is 12.1 Å². The number of nitrogens with zero attached hydrogens (tertiary/aromatic N) is 2. The standard InChI is InChI=1S/C13H25N3S/c1-6-16(7-2)8-10(3)15-12(5)13-11(4)14-9-17-13/h9-10,12,15H,6-8H2,1-5H3. The average molecular weight is 255 g/mol. The summed E-state index contributed by atoms with van der Waals surface area (Å²) < 4.78 is 0. The summed E-state index contributed by atoms with van der Waals surface area (Å²) in [5, 5.41) is 3.65. The molecule has 0 aliphatic rings. The summed E-state index contributed by atoms with van der Waals surface area (Å²) in [5.74, 6) is 0. The van der Waals surface area contributed by atoms with Crippen molar-refractivity contribution in [3.63, 3.8) is 0 Å². The molecule has 2 atom stereocenters. The van der Waals surface area contributed by atoms with Crippen LogP contribution in [0.4, 0.5) is 0 Å². The lowest BCUT2D eigenvalue weighted by atomic mass is 10.2. The Kier molecular flexibility index (Phi) is 6.09. The highest BCUT2D eigenvalue weighted by molar-refractivity contribution is 7.09. The molecular formula is C13H25N3S. The van der Waals surface area contributed by atoms with Gasteiger partial charge in [0.25, 0.3) is 0 Å². The Balaban J connectivity index is 2.46. The van der Waals surface area contributed by atoms with E-state index in [9.17, 15) is 0 Å². The van der Waals surface area contributed by atoms with E-state index in [0.717, 1.165) is 25.3 Å². The smallest absolute Gasteiger partial charge is 0.0798 e. The van der Waals surface area contributed by atoms with Gasteiger partial charge < -0.3 is 10.2 Å². The van der Waals surface area contributed by atoms with Gasteiger partial charge in [0.05, 0.1) is 11.2 Å². The Hall–Kier alpha value is -0.450. The Morgan fingerprint density at radius 1 is 1.35 bits per heavy atom. The van der Waals surface area contributed by atoms with E-state index >= 15 is 0 Å². The molecule has 4 heteroatoms. The maximum absolute atomic E-state index is 4.31. The number of aryl methyl sites for hydroxylation is 1. The van der Waals surface area contributed by atoms with Gasteiger partial charge in [0, 0.05) is 23.5 Å². The number of likely N-dealkylation sites (N-methyl/N-ethyl adjacent to an activating group) is 1. The molecule has 17 heavy (non-hydrogen) atoms. The van der Waals surface area contributed by atoms with Crippen LogP contribution in [0.2, 0.25) is 0 Å². The van der Waals surface area contributed by atoms with Crippen LogP contribution in [0.5, 0.6) is 0 Å². The molecule has 0 aliphatic carbocycles. The minimum Gasteiger partial charge on any atom is -0.306 e. The first-order chi connectivity index (χ1) is 8.08. The van der Waals surface area contributed by atoms with Crippen LogP contribution in [0.15, 0.2) is 5.51 Å². The number of rotatable bonds is 7. The molecule has 0 amide bonds. The van der Waals surface area contributed by atoms with E-state index in [1.807, 2.05) is 5.51 Å². The average Bonchev–Trinajstić information content (AvgIpc) is 2.72. The lowest BCUT2D eigenvalue weighted by Crippen LogP contribution is -2.40. The van der Waals surface area contributed by atoms with Gasteiger partial charge in [0.2, 0.25) is 0 Å². The van der Waals surface area contributed by atoms with Crippen LogP contribution in [0.25, 0.3) is 0 Å². The predicted octanol–water partition coefficient (Wildman–Crippen LogP) is 2.83. The van der Waals surface area contributed by atoms with E-state index < -0.39 is 0 Å². The zero-order valence-electron chi connectivity index (χ0n) is 11.7. The van der Waals surface area contributed by atoms with Crippen molar-refractivity contribution < 1.29 is 0 Å². The Morgan fingerprint density at radius 3 is 2.47 bits per heavy atom. The third-order valence-electron chi connectivity index (χ3n) is 3.14. The van der Waals surface area contributed by atoms with Crippen molar-refractivity contribution in [2.24, 2.45) is 0 Å². The summed E-state index contributed by atoms with van der Waals surface area (Å²) in [6, 6.07) is 0.902. The van der Waals surface area contributed by atoms with Crippen molar-refractivity contribution in [2.45, 2.75) is 46.7 Å². The van der Waals surface area contributed by atoms with E-state index in [4.69, 9.17) is 0 Å². The van der Waals surface area contributed by atoms with E-state index in [-0.39, 0.29) is 0 Å². The number of hydrogen-bond acceptors (Lipinski definition) is 4. The lowest BCUT2D eigenvalue weighted by Gasteiger charge is -2.26. The second-order valence-corrected chi connectivity index (χ2v) is 5.46. The summed E-state index contributed by atoms with van der Waals surface area (Å²) in [6.07, 6.45) is 0. The second-order valence-electron chi connectivity index (χ2n) is 4.58. The molecule has 0 radical (unpaired) electrons. The summed E-state index contributed by atoms with van der Waals surface area (Å²) in [7, 11) is 0. The first-order valence-electron chi connectivity index (χ1n) is 6.46. The van der Waals surface area contributed by atoms with Crippen LogP contribution in [0.1, 0.15) is 44.3 Å². The molecule has 2 unspecified atom stereocenters. The van der Waals surface area contributed by atoms with Gasteiger partial charge in [-0.2, -0.15) is 0 Å². The van der Waals surface area contributed by atoms with Crippen LogP contribution in [-0.4, -0.2) is 35.6 Å². The van der Waals surface area contributed by atoms with Crippen molar-refractivity contribution in [1.82, 2.24) is 15.2 Å². The fourth-order valence-electron chi connectivity index (χ4n) is 2.15. The Bertz CT molecular complexity index is 320. The largest absolute Gasteiger partial charge is 0.306 e. The van der Waals surface area contributed by atoms with E-state index in [2.05, 4.69) is 49.8 Å². The van der Waals surface area contributed by atoms with Gasteiger partial charge in [-0.15, -0.1) is 11.3 Å². The highest BCUT2D eigenvalue weighted by Gasteiger charge is 2.14. The summed E-state index contributed by atoms with van der Waals surface area (Å²) in [5.41, 5.74) is 3.09. The van der Waals surface area contributed by atoms with Crippen LogP contribution in [0.3, 0.4) is 0 Å². The van der Waals surface area contributed by atoms with Gasteiger partial charge >= 0.3 is 0 Å². The van der Waals surface area contributed by atoms with Gasteiger partial charge in [-0.1, -0.05) is 13.8 Å². The SMILES string of the molecule is CCN(CC)CC(C)NC(C)c1scnc1C. The van der Waals surface area contributed by atoms with Crippen molar-refractivity contribution >= 4 is 11.3 Å². The molecule has 0 aliphatic heterocycles. The molecule has 0 saturated heterocycles. The minimum absolute atomic E-state index is 0.396. The van der Waals surface area contributed by atoms with Gasteiger partial charge in [-0.05, 0) is 33.9 Å². The van der Waals surface area contributed by atoms with Crippen LogP contribution in [0, 0.1) is 6.92 Å². The predicted molar refractivity (Wildman–Crippen MR) is 75.7 cm³/mol. The fraction of sp³-hybridized carbons (Fsp3) is 0.769. The number of hydrogen-bond donors (Lipinski definition) is 1. The minimum atomic E-state index is 0.396. The maximum atomic E-state index is 4.31. The normalized spacial score (nSPS) is 15.2. The van der Waals surface area contributed by atoms with Crippen molar-refractivity contribution in [3.8, 4) is 0 Å². The molecule has 1 N–H and O–H groups in total. The van der Waals surface area contributed by atoms with Crippen molar-refractivity contribution in [3.05, 3.63) is 16.1 Å². The van der Waals surface area contributed by atoms with Crippen molar-refractivity contribution in [1.29, 1.82) is 0 Å². The van der Waals surface area contributed by atoms with Gasteiger partial charge in [-0.25, -0.2) is 4.98 Å². The molecule has 0 saturated carbocycles. The first-order valence-corrected chi connectivity index (χ1v) is 7.34. The molecule has 0 aromatic carbocycles. The van der Waals surface area contributed by atoms with Crippen molar-refractivity contribution in [2.75, 3.05) is 19.6 Å². The monoisotopic (exact) mass is 255 g/mol. The highest BCUT2D eigenvalue weighted by atomic mass is 32.1. The molecule has 0 bridgehead atoms. The molecule has 0 fully saturated rings. The molecule has 1 aromatic rings. The van der Waals surface area contributed by atoms with Crippen LogP contribution >= 0.6 is 11.3 Å². The third kappa shape index (κ3) is 4.37. The number of aromatic nitrogens is 1. The molecule has 98 valence electrons. The topological polar surface area (TPSA) is 28.2 Å².